The van der Waals surface area contributed by atoms with Crippen LogP contribution >= 0.6 is 0 Å². The minimum atomic E-state index is -0.142. The van der Waals surface area contributed by atoms with Gasteiger partial charge in [0.15, 0.2) is 0 Å². The lowest BCUT2D eigenvalue weighted by Crippen LogP contribution is -2.18. The van der Waals surface area contributed by atoms with Crippen molar-refractivity contribution >= 4 is 5.84 Å². The lowest BCUT2D eigenvalue weighted by Gasteiger charge is -2.17. The van der Waals surface area contributed by atoms with Crippen LogP contribution < -0.4 is 5.73 Å². The van der Waals surface area contributed by atoms with E-state index in [9.17, 15) is 0 Å². The first-order valence-electron chi connectivity index (χ1n) is 5.40. The predicted molar refractivity (Wildman–Crippen MR) is 63.5 cm³/mol. The summed E-state index contributed by atoms with van der Waals surface area (Å²) < 4.78 is 5.68. The van der Waals surface area contributed by atoms with Gasteiger partial charge in [-0.05, 0) is 12.0 Å². The second kappa shape index (κ2) is 6.85. The molecule has 1 aromatic carbocycles. The summed E-state index contributed by atoms with van der Waals surface area (Å²) in [5.41, 5.74) is 6.55. The molecule has 3 N–H and O–H groups in total. The number of rotatable bonds is 6. The summed E-state index contributed by atoms with van der Waals surface area (Å²) in [4.78, 5) is 0. The van der Waals surface area contributed by atoms with Crippen molar-refractivity contribution in [2.75, 3.05) is 6.61 Å². The highest BCUT2D eigenvalue weighted by atomic mass is 16.5. The van der Waals surface area contributed by atoms with Gasteiger partial charge in [-0.15, -0.1) is 0 Å². The third-order valence-electron chi connectivity index (χ3n) is 2.22. The summed E-state index contributed by atoms with van der Waals surface area (Å²) in [7, 11) is 0. The Morgan fingerprint density at radius 2 is 2.12 bits per heavy atom. The molecule has 0 aliphatic carbocycles. The first-order chi connectivity index (χ1) is 7.77. The van der Waals surface area contributed by atoms with Gasteiger partial charge in [0.25, 0.3) is 0 Å². The predicted octanol–water partition coefficient (Wildman–Crippen LogP) is 2.29. The molecule has 4 nitrogen and oxygen atoms in total. The Balaban J connectivity index is 2.71. The van der Waals surface area contributed by atoms with Gasteiger partial charge in [-0.25, -0.2) is 0 Å². The zero-order valence-corrected chi connectivity index (χ0v) is 9.47. The van der Waals surface area contributed by atoms with Crippen LogP contribution in [0.25, 0.3) is 0 Å². The summed E-state index contributed by atoms with van der Waals surface area (Å²) in [5, 5.41) is 11.5. The van der Waals surface area contributed by atoms with E-state index >= 15 is 0 Å². The highest BCUT2D eigenvalue weighted by molar-refractivity contribution is 5.80. The monoisotopic (exact) mass is 222 g/mol. The number of hydrogen-bond acceptors (Lipinski definition) is 3. The van der Waals surface area contributed by atoms with E-state index in [4.69, 9.17) is 15.7 Å². The van der Waals surface area contributed by atoms with Crippen molar-refractivity contribution in [3.63, 3.8) is 0 Å². The van der Waals surface area contributed by atoms with Crippen molar-refractivity contribution in [2.45, 2.75) is 25.9 Å². The van der Waals surface area contributed by atoms with Crippen LogP contribution in [0.1, 0.15) is 31.4 Å². The maximum atomic E-state index is 8.56. The van der Waals surface area contributed by atoms with Gasteiger partial charge >= 0.3 is 0 Å². The normalized spacial score (nSPS) is 13.7. The quantitative estimate of drug-likeness (QED) is 0.336. The number of nitrogens with zero attached hydrogens (tertiary/aromatic N) is 1. The zero-order valence-electron chi connectivity index (χ0n) is 9.47. The van der Waals surface area contributed by atoms with Gasteiger partial charge in [0.05, 0.1) is 6.10 Å². The van der Waals surface area contributed by atoms with Gasteiger partial charge in [0, 0.05) is 13.0 Å². The Hall–Kier alpha value is -1.55. The molecule has 0 heterocycles. The molecule has 0 radical (unpaired) electrons. The molecule has 0 aliphatic rings. The van der Waals surface area contributed by atoms with E-state index in [-0.39, 0.29) is 11.9 Å². The van der Waals surface area contributed by atoms with Crippen molar-refractivity contribution in [3.8, 4) is 0 Å². The summed E-state index contributed by atoms with van der Waals surface area (Å²) in [5.74, 6) is 0.185. The molecule has 0 aromatic heterocycles. The summed E-state index contributed by atoms with van der Waals surface area (Å²) in [6.45, 7) is 2.71. The zero-order chi connectivity index (χ0) is 11.8. The first kappa shape index (κ1) is 12.5. The molecule has 1 aromatic rings. The van der Waals surface area contributed by atoms with Crippen LogP contribution in [0.15, 0.2) is 35.5 Å². The molecule has 0 aliphatic heterocycles. The molecule has 0 spiro atoms. The number of oxime groups is 1. The molecule has 88 valence electrons. The van der Waals surface area contributed by atoms with Crippen molar-refractivity contribution in [2.24, 2.45) is 10.9 Å². The van der Waals surface area contributed by atoms with Crippen molar-refractivity contribution in [1.29, 1.82) is 0 Å². The Morgan fingerprint density at radius 3 is 2.69 bits per heavy atom. The molecule has 0 saturated carbocycles. The van der Waals surface area contributed by atoms with Crippen LogP contribution in [0.5, 0.6) is 0 Å². The minimum Gasteiger partial charge on any atom is -0.409 e. The van der Waals surface area contributed by atoms with Crippen LogP contribution in [0.4, 0.5) is 0 Å². The molecule has 1 rings (SSSR count). The standard InChI is InChI=1S/C12H18N2O2/c1-2-8-16-11(9-12(13)14-15)10-6-4-3-5-7-10/h3-7,11,15H,2,8-9H2,1H3,(H2,13,14). The second-order valence-electron chi connectivity index (χ2n) is 3.57. The van der Waals surface area contributed by atoms with Crippen LogP contribution in [0, 0.1) is 0 Å². The molecule has 16 heavy (non-hydrogen) atoms. The molecule has 0 saturated heterocycles. The van der Waals surface area contributed by atoms with Gasteiger partial charge in [0.2, 0.25) is 0 Å². The number of hydrogen-bond donors (Lipinski definition) is 2. The van der Waals surface area contributed by atoms with Gasteiger partial charge in [-0.2, -0.15) is 0 Å². The Labute approximate surface area is 95.7 Å². The minimum absolute atomic E-state index is 0.142. The molecule has 4 heteroatoms. The molecule has 0 bridgehead atoms. The van der Waals surface area contributed by atoms with E-state index in [1.165, 1.54) is 0 Å². The van der Waals surface area contributed by atoms with Crippen LogP contribution in [0.3, 0.4) is 0 Å². The van der Waals surface area contributed by atoms with Crippen molar-refractivity contribution in [3.05, 3.63) is 35.9 Å². The molecule has 0 amide bonds. The van der Waals surface area contributed by atoms with Crippen molar-refractivity contribution in [1.82, 2.24) is 0 Å². The van der Waals surface area contributed by atoms with Gasteiger partial charge in [0.1, 0.15) is 5.84 Å². The second-order valence-corrected chi connectivity index (χ2v) is 3.57. The van der Waals surface area contributed by atoms with Gasteiger partial charge < -0.3 is 15.7 Å². The molecule has 0 fully saturated rings. The van der Waals surface area contributed by atoms with E-state index in [2.05, 4.69) is 5.16 Å². The van der Waals surface area contributed by atoms with Crippen molar-refractivity contribution < 1.29 is 9.94 Å². The van der Waals surface area contributed by atoms with Crippen LogP contribution in [0.2, 0.25) is 0 Å². The fourth-order valence-electron chi connectivity index (χ4n) is 1.43. The smallest absolute Gasteiger partial charge is 0.142 e. The molecular weight excluding hydrogens is 204 g/mol. The Kier molecular flexibility index (Phi) is 5.36. The van der Waals surface area contributed by atoms with E-state index < -0.39 is 0 Å². The maximum Gasteiger partial charge on any atom is 0.142 e. The highest BCUT2D eigenvalue weighted by Gasteiger charge is 2.13. The number of nitrogens with two attached hydrogens (primary N) is 1. The summed E-state index contributed by atoms with van der Waals surface area (Å²) in [6, 6.07) is 9.80. The van der Waals surface area contributed by atoms with Crippen LogP contribution in [-0.2, 0) is 4.74 Å². The Bertz CT molecular complexity index is 325. The largest absolute Gasteiger partial charge is 0.409 e. The fourth-order valence-corrected chi connectivity index (χ4v) is 1.43. The first-order valence-corrected chi connectivity index (χ1v) is 5.40. The Morgan fingerprint density at radius 1 is 1.44 bits per heavy atom. The number of ether oxygens (including phenoxy) is 1. The summed E-state index contributed by atoms with van der Waals surface area (Å²) in [6.07, 6.45) is 1.21. The SMILES string of the molecule is CCCOC(CC(N)=NO)c1ccccc1. The molecular formula is C12H18N2O2. The highest BCUT2D eigenvalue weighted by Crippen LogP contribution is 2.21. The van der Waals surface area contributed by atoms with Gasteiger partial charge in [-0.3, -0.25) is 0 Å². The van der Waals surface area contributed by atoms with E-state index in [0.29, 0.717) is 13.0 Å². The van der Waals surface area contributed by atoms with Crippen LogP contribution in [-0.4, -0.2) is 17.6 Å². The maximum absolute atomic E-state index is 8.56. The van der Waals surface area contributed by atoms with Gasteiger partial charge in [-0.1, -0.05) is 42.4 Å². The summed E-state index contributed by atoms with van der Waals surface area (Å²) >= 11 is 0. The number of amidine groups is 1. The molecule has 1 unspecified atom stereocenters. The third-order valence-corrected chi connectivity index (χ3v) is 2.22. The lowest BCUT2D eigenvalue weighted by molar-refractivity contribution is 0.0574. The lowest BCUT2D eigenvalue weighted by atomic mass is 10.1. The average molecular weight is 222 g/mol. The van der Waals surface area contributed by atoms with E-state index in [0.717, 1.165) is 12.0 Å². The third kappa shape index (κ3) is 3.90. The number of benzene rings is 1. The fraction of sp³-hybridized carbons (Fsp3) is 0.417. The van der Waals surface area contributed by atoms with E-state index in [1.54, 1.807) is 0 Å². The topological polar surface area (TPSA) is 67.8 Å². The molecule has 1 atom stereocenters. The van der Waals surface area contributed by atoms with E-state index in [1.807, 2.05) is 37.3 Å². The average Bonchev–Trinajstić information content (AvgIpc) is 2.35.